The van der Waals surface area contributed by atoms with E-state index in [1.54, 1.807) is 13.8 Å². The second-order valence-electron chi connectivity index (χ2n) is 4.53. The lowest BCUT2D eigenvalue weighted by molar-refractivity contribution is -0.123. The molecule has 5 nitrogen and oxygen atoms in total. The van der Waals surface area contributed by atoms with Crippen LogP contribution in [0.25, 0.3) is 0 Å². The molecule has 1 aliphatic carbocycles. The maximum Gasteiger partial charge on any atom is 0.237 e. The first-order valence-electron chi connectivity index (χ1n) is 5.30. The third kappa shape index (κ3) is 3.77. The molecular formula is C10H20N2O3. The van der Waals surface area contributed by atoms with Crippen LogP contribution in [0.1, 0.15) is 26.7 Å². The van der Waals surface area contributed by atoms with Crippen molar-refractivity contribution < 1.29 is 15.0 Å². The summed E-state index contributed by atoms with van der Waals surface area (Å²) in [5.41, 5.74) is -0.805. The van der Waals surface area contributed by atoms with Crippen molar-refractivity contribution in [1.29, 1.82) is 0 Å². The Kier molecular flexibility index (Phi) is 4.07. The molecule has 0 aromatic carbocycles. The third-order valence-electron chi connectivity index (χ3n) is 2.58. The lowest BCUT2D eigenvalue weighted by Crippen LogP contribution is -2.57. The molecule has 15 heavy (non-hydrogen) atoms. The van der Waals surface area contributed by atoms with Crippen molar-refractivity contribution in [2.24, 2.45) is 0 Å². The smallest absolute Gasteiger partial charge is 0.237 e. The molecule has 1 saturated carbocycles. The number of carbonyl (C=O) groups excluding carboxylic acids is 1. The van der Waals surface area contributed by atoms with Crippen molar-refractivity contribution in [1.82, 2.24) is 10.6 Å². The molecule has 0 bridgehead atoms. The molecule has 0 saturated heterocycles. The molecular weight excluding hydrogens is 196 g/mol. The first-order valence-corrected chi connectivity index (χ1v) is 5.30. The van der Waals surface area contributed by atoms with Gasteiger partial charge in [-0.2, -0.15) is 0 Å². The second kappa shape index (κ2) is 4.92. The predicted molar refractivity (Wildman–Crippen MR) is 56.3 cm³/mol. The molecule has 0 radical (unpaired) electrons. The van der Waals surface area contributed by atoms with Crippen LogP contribution in [0.3, 0.4) is 0 Å². The van der Waals surface area contributed by atoms with Gasteiger partial charge in [-0.05, 0) is 26.7 Å². The molecule has 1 rings (SSSR count). The van der Waals surface area contributed by atoms with Crippen LogP contribution >= 0.6 is 0 Å². The fraction of sp³-hybridized carbons (Fsp3) is 0.900. The topological polar surface area (TPSA) is 81.6 Å². The lowest BCUT2D eigenvalue weighted by atomic mass is 10.0. The van der Waals surface area contributed by atoms with Crippen molar-refractivity contribution in [2.45, 2.75) is 44.3 Å². The van der Waals surface area contributed by atoms with E-state index in [1.165, 1.54) is 0 Å². The summed E-state index contributed by atoms with van der Waals surface area (Å²) in [5, 5.41) is 23.9. The molecule has 1 unspecified atom stereocenters. The zero-order valence-electron chi connectivity index (χ0n) is 9.29. The normalized spacial score (nSPS) is 18.7. The minimum atomic E-state index is -0.805. The van der Waals surface area contributed by atoms with Gasteiger partial charge in [0.15, 0.2) is 0 Å². The van der Waals surface area contributed by atoms with Gasteiger partial charge in [-0.3, -0.25) is 10.1 Å². The highest BCUT2D eigenvalue weighted by Gasteiger charge is 2.30. The van der Waals surface area contributed by atoms with Crippen LogP contribution in [0, 0.1) is 0 Å². The van der Waals surface area contributed by atoms with E-state index in [9.17, 15) is 4.79 Å². The zero-order chi connectivity index (χ0) is 11.5. The average molecular weight is 216 g/mol. The quantitative estimate of drug-likeness (QED) is 0.458. The number of hydrogen-bond acceptors (Lipinski definition) is 4. The highest BCUT2D eigenvalue weighted by Crippen LogP contribution is 2.18. The standard InChI is InChI=1S/C10H20N2O3/c1-7(9(15)11-8-3-4-8)12-10(2,5-13)6-14/h7-8,12-14H,3-6H2,1-2H3,(H,11,15). The number of rotatable bonds is 6. The van der Waals surface area contributed by atoms with Gasteiger partial charge in [0, 0.05) is 6.04 Å². The monoisotopic (exact) mass is 216 g/mol. The Hall–Kier alpha value is -0.650. The number of amides is 1. The summed E-state index contributed by atoms with van der Waals surface area (Å²) >= 11 is 0. The highest BCUT2D eigenvalue weighted by atomic mass is 16.3. The minimum Gasteiger partial charge on any atom is -0.394 e. The number of hydrogen-bond donors (Lipinski definition) is 4. The van der Waals surface area contributed by atoms with E-state index in [0.717, 1.165) is 12.8 Å². The van der Waals surface area contributed by atoms with E-state index in [4.69, 9.17) is 10.2 Å². The van der Waals surface area contributed by atoms with Crippen molar-refractivity contribution in [3.63, 3.8) is 0 Å². The first kappa shape index (κ1) is 12.4. The van der Waals surface area contributed by atoms with E-state index >= 15 is 0 Å². The number of aliphatic hydroxyl groups is 2. The predicted octanol–water partition coefficient (Wildman–Crippen LogP) is -1.01. The Morgan fingerprint density at radius 1 is 1.47 bits per heavy atom. The first-order chi connectivity index (χ1) is 7.00. The Bertz CT molecular complexity index is 225. The maximum atomic E-state index is 11.6. The lowest BCUT2D eigenvalue weighted by Gasteiger charge is -2.29. The van der Waals surface area contributed by atoms with Crippen LogP contribution < -0.4 is 10.6 Å². The van der Waals surface area contributed by atoms with Gasteiger partial charge in [0.05, 0.1) is 24.8 Å². The van der Waals surface area contributed by atoms with Crippen molar-refractivity contribution in [3.8, 4) is 0 Å². The Morgan fingerprint density at radius 2 is 2.00 bits per heavy atom. The number of nitrogens with one attached hydrogen (secondary N) is 2. The van der Waals surface area contributed by atoms with Crippen LogP contribution in [0.5, 0.6) is 0 Å². The van der Waals surface area contributed by atoms with E-state index in [-0.39, 0.29) is 19.1 Å². The van der Waals surface area contributed by atoms with Crippen LogP contribution in [-0.4, -0.2) is 47.0 Å². The van der Waals surface area contributed by atoms with Gasteiger partial charge < -0.3 is 15.5 Å². The van der Waals surface area contributed by atoms with Gasteiger partial charge in [-0.15, -0.1) is 0 Å². The Balaban J connectivity index is 2.37. The van der Waals surface area contributed by atoms with Gasteiger partial charge in [-0.25, -0.2) is 0 Å². The van der Waals surface area contributed by atoms with Crippen LogP contribution in [0.2, 0.25) is 0 Å². The van der Waals surface area contributed by atoms with E-state index in [1.807, 2.05) is 0 Å². The summed E-state index contributed by atoms with van der Waals surface area (Å²) in [6, 6.07) is -0.0776. The summed E-state index contributed by atoms with van der Waals surface area (Å²) in [4.78, 5) is 11.6. The second-order valence-corrected chi connectivity index (χ2v) is 4.53. The molecule has 0 aliphatic heterocycles. The molecule has 5 heteroatoms. The third-order valence-corrected chi connectivity index (χ3v) is 2.58. The molecule has 1 fully saturated rings. The molecule has 1 aliphatic rings. The van der Waals surface area contributed by atoms with Crippen molar-refractivity contribution >= 4 is 5.91 Å². The van der Waals surface area contributed by atoms with Gasteiger partial charge >= 0.3 is 0 Å². The molecule has 1 amide bonds. The van der Waals surface area contributed by atoms with Gasteiger partial charge in [0.25, 0.3) is 0 Å². The van der Waals surface area contributed by atoms with Crippen LogP contribution in [0.4, 0.5) is 0 Å². The molecule has 0 heterocycles. The molecule has 1 atom stereocenters. The minimum absolute atomic E-state index is 0.0781. The Morgan fingerprint density at radius 3 is 2.40 bits per heavy atom. The summed E-state index contributed by atoms with van der Waals surface area (Å²) in [6.45, 7) is 2.99. The average Bonchev–Trinajstić information content (AvgIpc) is 3.01. The van der Waals surface area contributed by atoms with E-state index in [0.29, 0.717) is 6.04 Å². The summed E-state index contributed by atoms with van der Waals surface area (Å²) in [7, 11) is 0. The summed E-state index contributed by atoms with van der Waals surface area (Å²) in [5.74, 6) is -0.0781. The van der Waals surface area contributed by atoms with E-state index < -0.39 is 11.6 Å². The Labute approximate surface area is 89.9 Å². The molecule has 0 spiro atoms. The fourth-order valence-corrected chi connectivity index (χ4v) is 1.28. The van der Waals surface area contributed by atoms with Gasteiger partial charge in [0.1, 0.15) is 0 Å². The summed E-state index contributed by atoms with van der Waals surface area (Å²) in [6.07, 6.45) is 2.10. The van der Waals surface area contributed by atoms with Crippen molar-refractivity contribution in [2.75, 3.05) is 13.2 Å². The number of carbonyl (C=O) groups is 1. The maximum absolute atomic E-state index is 11.6. The molecule has 4 N–H and O–H groups in total. The summed E-state index contributed by atoms with van der Waals surface area (Å²) < 4.78 is 0. The fourth-order valence-electron chi connectivity index (χ4n) is 1.28. The van der Waals surface area contributed by atoms with Crippen LogP contribution in [-0.2, 0) is 4.79 Å². The van der Waals surface area contributed by atoms with Gasteiger partial charge in [0.2, 0.25) is 5.91 Å². The SMILES string of the molecule is CC(NC(C)(CO)CO)C(=O)NC1CC1. The molecule has 0 aromatic rings. The zero-order valence-corrected chi connectivity index (χ0v) is 9.29. The van der Waals surface area contributed by atoms with Crippen LogP contribution in [0.15, 0.2) is 0 Å². The van der Waals surface area contributed by atoms with Crippen molar-refractivity contribution in [3.05, 3.63) is 0 Å². The molecule has 0 aromatic heterocycles. The number of aliphatic hydroxyl groups excluding tert-OH is 2. The highest BCUT2D eigenvalue weighted by molar-refractivity contribution is 5.81. The molecule has 88 valence electrons. The largest absolute Gasteiger partial charge is 0.394 e. The van der Waals surface area contributed by atoms with Gasteiger partial charge in [-0.1, -0.05) is 0 Å². The van der Waals surface area contributed by atoms with E-state index in [2.05, 4.69) is 10.6 Å².